The third kappa shape index (κ3) is 4.71. The van der Waals surface area contributed by atoms with Gasteiger partial charge in [-0.1, -0.05) is 12.1 Å². The normalized spacial score (nSPS) is 19.1. The summed E-state index contributed by atoms with van der Waals surface area (Å²) in [6, 6.07) is 16.0. The molecular weight excluding hydrogens is 364 g/mol. The minimum Gasteiger partial charge on any atom is -0.497 e. The molecule has 6 heteroatoms. The van der Waals surface area contributed by atoms with Crippen molar-refractivity contribution >= 4 is 0 Å². The Labute approximate surface area is 170 Å². The van der Waals surface area contributed by atoms with Crippen molar-refractivity contribution in [2.45, 2.75) is 44.3 Å². The fourth-order valence-corrected chi connectivity index (χ4v) is 3.89. The van der Waals surface area contributed by atoms with E-state index in [1.54, 1.807) is 36.3 Å². The third-order valence-corrected chi connectivity index (χ3v) is 5.58. The van der Waals surface area contributed by atoms with Crippen LogP contribution in [0.1, 0.15) is 37.3 Å². The summed E-state index contributed by atoms with van der Waals surface area (Å²) in [6.45, 7) is 0.841. The van der Waals surface area contributed by atoms with Crippen LogP contribution in [0.2, 0.25) is 0 Å². The zero-order valence-electron chi connectivity index (χ0n) is 16.6. The fourth-order valence-electron chi connectivity index (χ4n) is 3.89. The molecule has 3 aromatic rings. The van der Waals surface area contributed by atoms with Gasteiger partial charge in [-0.25, -0.2) is 4.68 Å². The number of aromatic nitrogens is 3. The lowest BCUT2D eigenvalue weighted by atomic mass is 9.91. The van der Waals surface area contributed by atoms with Crippen molar-refractivity contribution in [2.75, 3.05) is 7.11 Å². The van der Waals surface area contributed by atoms with Crippen LogP contribution in [0.4, 0.5) is 0 Å². The average Bonchev–Trinajstić information content (AvgIpc) is 2.79. The van der Waals surface area contributed by atoms with Crippen LogP contribution < -0.4 is 15.6 Å². The van der Waals surface area contributed by atoms with Crippen molar-refractivity contribution in [2.24, 2.45) is 0 Å². The molecule has 0 saturated heterocycles. The zero-order chi connectivity index (χ0) is 20.1. The minimum atomic E-state index is -0.0349. The molecule has 0 radical (unpaired) electrons. The largest absolute Gasteiger partial charge is 0.497 e. The molecule has 1 N–H and O–H groups in total. The fraction of sp³-hybridized carbons (Fsp3) is 0.348. The van der Waals surface area contributed by atoms with Gasteiger partial charge in [0.15, 0.2) is 0 Å². The van der Waals surface area contributed by atoms with E-state index >= 15 is 0 Å². The Morgan fingerprint density at radius 1 is 1.07 bits per heavy atom. The first-order valence-electron chi connectivity index (χ1n) is 10.1. The second-order valence-electron chi connectivity index (χ2n) is 7.48. The highest BCUT2D eigenvalue weighted by Crippen LogP contribution is 2.28. The van der Waals surface area contributed by atoms with Gasteiger partial charge in [-0.05, 0) is 61.6 Å². The number of hydrogen-bond donors (Lipinski definition) is 1. The first-order chi connectivity index (χ1) is 14.2. The van der Waals surface area contributed by atoms with Crippen molar-refractivity contribution in [1.29, 1.82) is 0 Å². The zero-order valence-corrected chi connectivity index (χ0v) is 16.6. The predicted octanol–water partition coefficient (Wildman–Crippen LogP) is 3.59. The van der Waals surface area contributed by atoms with Gasteiger partial charge in [0.1, 0.15) is 5.75 Å². The van der Waals surface area contributed by atoms with Crippen LogP contribution in [0.3, 0.4) is 0 Å². The van der Waals surface area contributed by atoms with Crippen molar-refractivity contribution < 1.29 is 4.74 Å². The summed E-state index contributed by atoms with van der Waals surface area (Å²) in [7, 11) is 1.68. The quantitative estimate of drug-likeness (QED) is 0.697. The summed E-state index contributed by atoms with van der Waals surface area (Å²) in [4.78, 5) is 16.6. The lowest BCUT2D eigenvalue weighted by molar-refractivity contribution is 0.269. The van der Waals surface area contributed by atoms with E-state index in [9.17, 15) is 4.79 Å². The molecule has 1 saturated carbocycles. The van der Waals surface area contributed by atoms with Gasteiger partial charge in [0, 0.05) is 36.6 Å². The number of pyridine rings is 1. The SMILES string of the molecule is COc1ccc(CNC2CCC(n3nc(-c4cccnc4)ccc3=O)CC2)cc1. The highest BCUT2D eigenvalue weighted by atomic mass is 16.5. The molecule has 1 fully saturated rings. The molecule has 0 spiro atoms. The maximum absolute atomic E-state index is 12.4. The number of nitrogens with one attached hydrogen (secondary N) is 1. The molecule has 0 atom stereocenters. The summed E-state index contributed by atoms with van der Waals surface area (Å²) in [5, 5.41) is 8.28. The van der Waals surface area contributed by atoms with Crippen molar-refractivity contribution in [1.82, 2.24) is 20.1 Å². The van der Waals surface area contributed by atoms with Crippen LogP contribution in [-0.2, 0) is 6.54 Å². The lowest BCUT2D eigenvalue weighted by Gasteiger charge is -2.29. The molecule has 1 aliphatic rings. The van der Waals surface area contributed by atoms with Gasteiger partial charge in [-0.2, -0.15) is 5.10 Å². The van der Waals surface area contributed by atoms with E-state index in [2.05, 4.69) is 27.5 Å². The molecule has 2 aromatic heterocycles. The summed E-state index contributed by atoms with van der Waals surface area (Å²) < 4.78 is 6.87. The van der Waals surface area contributed by atoms with Crippen molar-refractivity contribution in [3.05, 3.63) is 76.8 Å². The Bertz CT molecular complexity index is 978. The smallest absolute Gasteiger partial charge is 0.267 e. The molecule has 1 aromatic carbocycles. The summed E-state index contributed by atoms with van der Waals surface area (Å²) in [5.41, 5.74) is 2.93. The number of benzene rings is 1. The Morgan fingerprint density at radius 3 is 2.55 bits per heavy atom. The van der Waals surface area contributed by atoms with Gasteiger partial charge < -0.3 is 10.1 Å². The first kappa shape index (κ1) is 19.3. The van der Waals surface area contributed by atoms with Crippen LogP contribution in [0, 0.1) is 0 Å². The predicted molar refractivity (Wildman–Crippen MR) is 113 cm³/mol. The van der Waals surface area contributed by atoms with Crippen LogP contribution in [-0.4, -0.2) is 27.9 Å². The highest BCUT2D eigenvalue weighted by molar-refractivity contribution is 5.56. The van der Waals surface area contributed by atoms with Gasteiger partial charge in [0.2, 0.25) is 0 Å². The van der Waals surface area contributed by atoms with E-state index < -0.39 is 0 Å². The number of nitrogens with zero attached hydrogens (tertiary/aromatic N) is 3. The number of ether oxygens (including phenoxy) is 1. The Morgan fingerprint density at radius 2 is 1.86 bits per heavy atom. The van der Waals surface area contributed by atoms with Gasteiger partial charge in [-0.3, -0.25) is 9.78 Å². The van der Waals surface area contributed by atoms with E-state index in [1.165, 1.54) is 5.56 Å². The average molecular weight is 390 g/mol. The van der Waals surface area contributed by atoms with E-state index in [0.717, 1.165) is 49.2 Å². The maximum atomic E-state index is 12.4. The molecule has 2 heterocycles. The van der Waals surface area contributed by atoms with E-state index in [4.69, 9.17) is 4.74 Å². The monoisotopic (exact) mass is 390 g/mol. The molecule has 150 valence electrons. The number of methoxy groups -OCH3 is 1. The van der Waals surface area contributed by atoms with E-state index in [0.29, 0.717) is 6.04 Å². The molecule has 4 rings (SSSR count). The Balaban J connectivity index is 1.36. The maximum Gasteiger partial charge on any atom is 0.267 e. The van der Waals surface area contributed by atoms with E-state index in [1.807, 2.05) is 24.3 Å². The molecule has 0 amide bonds. The molecule has 0 bridgehead atoms. The molecule has 29 heavy (non-hydrogen) atoms. The summed E-state index contributed by atoms with van der Waals surface area (Å²) in [5.74, 6) is 0.876. The Hall–Kier alpha value is -2.99. The topological polar surface area (TPSA) is 69.0 Å². The van der Waals surface area contributed by atoms with Crippen LogP contribution >= 0.6 is 0 Å². The van der Waals surface area contributed by atoms with Crippen molar-refractivity contribution in [3.63, 3.8) is 0 Å². The van der Waals surface area contributed by atoms with E-state index in [-0.39, 0.29) is 11.6 Å². The second kappa shape index (κ2) is 9.01. The highest BCUT2D eigenvalue weighted by Gasteiger charge is 2.23. The van der Waals surface area contributed by atoms with Crippen molar-refractivity contribution in [3.8, 4) is 17.0 Å². The molecule has 1 aliphatic carbocycles. The van der Waals surface area contributed by atoms with Gasteiger partial charge in [-0.15, -0.1) is 0 Å². The van der Waals surface area contributed by atoms with Gasteiger partial charge in [0.25, 0.3) is 5.56 Å². The number of hydrogen-bond acceptors (Lipinski definition) is 5. The Kier molecular flexibility index (Phi) is 6.00. The number of rotatable bonds is 6. The van der Waals surface area contributed by atoms with Crippen LogP contribution in [0.15, 0.2) is 65.7 Å². The molecule has 0 aliphatic heterocycles. The standard InChI is InChI=1S/C23H26N4O2/c1-29-21-10-4-17(5-11-21)15-25-19-6-8-20(9-7-19)27-23(28)13-12-22(26-27)18-3-2-14-24-16-18/h2-5,10-14,16,19-20,25H,6-9,15H2,1H3. The van der Waals surface area contributed by atoms with Gasteiger partial charge in [0.05, 0.1) is 18.8 Å². The van der Waals surface area contributed by atoms with Crippen LogP contribution in [0.25, 0.3) is 11.3 Å². The van der Waals surface area contributed by atoms with Crippen LogP contribution in [0.5, 0.6) is 5.75 Å². The van der Waals surface area contributed by atoms with Gasteiger partial charge >= 0.3 is 0 Å². The molecular formula is C23H26N4O2. The molecule has 6 nitrogen and oxygen atoms in total. The summed E-state index contributed by atoms with van der Waals surface area (Å²) in [6.07, 6.45) is 7.47. The lowest BCUT2D eigenvalue weighted by Crippen LogP contribution is -2.36. The summed E-state index contributed by atoms with van der Waals surface area (Å²) >= 11 is 0. The minimum absolute atomic E-state index is 0.0349. The third-order valence-electron chi connectivity index (χ3n) is 5.58. The first-order valence-corrected chi connectivity index (χ1v) is 10.1. The second-order valence-corrected chi connectivity index (χ2v) is 7.48. The molecule has 0 unspecified atom stereocenters.